The highest BCUT2D eigenvalue weighted by molar-refractivity contribution is 5.98. The van der Waals surface area contributed by atoms with Gasteiger partial charge in [-0.05, 0) is 36.1 Å². The van der Waals surface area contributed by atoms with Crippen LogP contribution < -0.4 is 10.5 Å². The Bertz CT molecular complexity index is 853. The van der Waals surface area contributed by atoms with Gasteiger partial charge >= 0.3 is 0 Å². The van der Waals surface area contributed by atoms with Gasteiger partial charge in [0.05, 0.1) is 7.11 Å². The van der Waals surface area contributed by atoms with Crippen LogP contribution in [-0.4, -0.2) is 46.8 Å². The van der Waals surface area contributed by atoms with Crippen LogP contribution >= 0.6 is 0 Å². The van der Waals surface area contributed by atoms with Crippen LogP contribution in [0.25, 0.3) is 0 Å². The summed E-state index contributed by atoms with van der Waals surface area (Å²) in [5, 5.41) is 0. The van der Waals surface area contributed by atoms with Gasteiger partial charge in [-0.15, -0.1) is 0 Å². The zero-order valence-electron chi connectivity index (χ0n) is 16.0. The summed E-state index contributed by atoms with van der Waals surface area (Å²) < 4.78 is 5.19. The monoisotopic (exact) mass is 379 g/mol. The molecule has 0 saturated carbocycles. The molecule has 28 heavy (non-hydrogen) atoms. The van der Waals surface area contributed by atoms with E-state index >= 15 is 0 Å². The molecule has 3 heterocycles. The first-order valence-corrected chi connectivity index (χ1v) is 9.62. The number of methoxy groups -OCH3 is 1. The summed E-state index contributed by atoms with van der Waals surface area (Å²) in [6.45, 7) is 0.818. The third-order valence-corrected chi connectivity index (χ3v) is 5.70. The molecule has 3 aliphatic rings. The number of benzene rings is 2. The molecule has 2 aromatic rings. The maximum absolute atomic E-state index is 13.3. The van der Waals surface area contributed by atoms with E-state index in [9.17, 15) is 9.59 Å². The van der Waals surface area contributed by atoms with E-state index in [-0.39, 0.29) is 17.9 Å². The third kappa shape index (κ3) is 3.36. The zero-order chi connectivity index (χ0) is 19.7. The van der Waals surface area contributed by atoms with Crippen LogP contribution in [0.2, 0.25) is 0 Å². The van der Waals surface area contributed by atoms with Crippen molar-refractivity contribution < 1.29 is 14.3 Å². The second kappa shape index (κ2) is 7.64. The lowest BCUT2D eigenvalue weighted by Gasteiger charge is -2.43. The number of nitrogens with zero attached hydrogens (tertiary/aromatic N) is 2. The summed E-state index contributed by atoms with van der Waals surface area (Å²) >= 11 is 0. The van der Waals surface area contributed by atoms with Crippen LogP contribution in [0.5, 0.6) is 5.75 Å². The van der Waals surface area contributed by atoms with Gasteiger partial charge in [0.15, 0.2) is 0 Å². The van der Waals surface area contributed by atoms with Crippen molar-refractivity contribution in [3.05, 3.63) is 65.7 Å². The van der Waals surface area contributed by atoms with Gasteiger partial charge in [-0.25, -0.2) is 0 Å². The number of amides is 2. The predicted octanol–water partition coefficient (Wildman–Crippen LogP) is 1.92. The lowest BCUT2D eigenvalue weighted by atomic mass is 10.0. The highest BCUT2D eigenvalue weighted by atomic mass is 16.5. The van der Waals surface area contributed by atoms with Crippen molar-refractivity contribution in [3.8, 4) is 5.75 Å². The number of hydrogen-bond donors (Lipinski definition) is 1. The Morgan fingerprint density at radius 2 is 1.54 bits per heavy atom. The second-order valence-corrected chi connectivity index (χ2v) is 7.47. The molecule has 3 atom stereocenters. The number of nitrogens with two attached hydrogens (primary N) is 1. The Balaban J connectivity index is 1.60. The second-order valence-electron chi connectivity index (χ2n) is 7.47. The molecule has 5 rings (SSSR count). The van der Waals surface area contributed by atoms with Crippen molar-refractivity contribution in [2.75, 3.05) is 7.11 Å². The molecule has 0 aromatic heterocycles. The first kappa shape index (κ1) is 18.5. The van der Waals surface area contributed by atoms with Gasteiger partial charge in [0.2, 0.25) is 11.8 Å². The van der Waals surface area contributed by atoms with Gasteiger partial charge in [0.1, 0.15) is 17.8 Å². The standard InChI is InChI=1S/C22H25N3O3/c1-28-17-9-7-16(8-10-17)14-25-20-18(23)11-12-19(21(25)26)24(22(20)27)13-15-5-3-2-4-6-15/h2-10,18-20H,11-14,23H2,1H3/t18-,19+,20+/m1/s1. The summed E-state index contributed by atoms with van der Waals surface area (Å²) in [6, 6.07) is 15.9. The summed E-state index contributed by atoms with van der Waals surface area (Å²) in [5.41, 5.74) is 8.33. The van der Waals surface area contributed by atoms with Crippen molar-refractivity contribution in [1.29, 1.82) is 0 Å². The summed E-state index contributed by atoms with van der Waals surface area (Å²) in [4.78, 5) is 30.0. The molecule has 3 saturated heterocycles. The molecule has 3 fully saturated rings. The van der Waals surface area contributed by atoms with Crippen LogP contribution in [0.3, 0.4) is 0 Å². The van der Waals surface area contributed by atoms with Crippen LogP contribution in [-0.2, 0) is 22.7 Å². The van der Waals surface area contributed by atoms with E-state index in [0.29, 0.717) is 25.9 Å². The molecule has 3 aliphatic heterocycles. The fourth-order valence-electron chi connectivity index (χ4n) is 4.19. The molecule has 0 spiro atoms. The number of carbonyl (C=O) groups is 2. The van der Waals surface area contributed by atoms with E-state index < -0.39 is 12.1 Å². The first-order valence-electron chi connectivity index (χ1n) is 9.62. The number of hydrogen-bond acceptors (Lipinski definition) is 4. The van der Waals surface area contributed by atoms with Crippen molar-refractivity contribution in [2.24, 2.45) is 5.73 Å². The van der Waals surface area contributed by atoms with E-state index in [1.54, 1.807) is 16.9 Å². The molecule has 2 aromatic carbocycles. The van der Waals surface area contributed by atoms with E-state index in [4.69, 9.17) is 10.5 Å². The Hall–Kier alpha value is -2.86. The van der Waals surface area contributed by atoms with Crippen LogP contribution in [0.15, 0.2) is 54.6 Å². The molecular weight excluding hydrogens is 354 g/mol. The van der Waals surface area contributed by atoms with E-state index in [2.05, 4.69) is 0 Å². The average Bonchev–Trinajstić information content (AvgIpc) is 2.91. The SMILES string of the molecule is COc1ccc(CN2C(=O)[C@@H]3CC[C@@H](N)[C@H]2C(=O)N3Cc2ccccc2)cc1. The van der Waals surface area contributed by atoms with Crippen LogP contribution in [0, 0.1) is 0 Å². The fourth-order valence-corrected chi connectivity index (χ4v) is 4.19. The van der Waals surface area contributed by atoms with Crippen molar-refractivity contribution >= 4 is 11.8 Å². The molecule has 2 bridgehead atoms. The number of ether oxygens (including phenoxy) is 1. The third-order valence-electron chi connectivity index (χ3n) is 5.70. The normalized spacial score (nSPS) is 24.4. The summed E-state index contributed by atoms with van der Waals surface area (Å²) in [6.07, 6.45) is 1.27. The van der Waals surface area contributed by atoms with Gasteiger partial charge in [0, 0.05) is 19.1 Å². The highest BCUT2D eigenvalue weighted by Gasteiger charge is 2.50. The zero-order valence-corrected chi connectivity index (χ0v) is 16.0. The quantitative estimate of drug-likeness (QED) is 0.861. The molecule has 2 N–H and O–H groups in total. The van der Waals surface area contributed by atoms with Gasteiger partial charge in [-0.2, -0.15) is 0 Å². The molecule has 6 nitrogen and oxygen atoms in total. The predicted molar refractivity (Wildman–Crippen MR) is 105 cm³/mol. The Morgan fingerprint density at radius 1 is 0.893 bits per heavy atom. The van der Waals surface area contributed by atoms with Crippen LogP contribution in [0.4, 0.5) is 0 Å². The fraction of sp³-hybridized carbons (Fsp3) is 0.364. The molecule has 146 valence electrons. The summed E-state index contributed by atoms with van der Waals surface area (Å²) in [7, 11) is 1.62. The lowest BCUT2D eigenvalue weighted by molar-refractivity contribution is -0.162. The van der Waals surface area contributed by atoms with Crippen molar-refractivity contribution in [1.82, 2.24) is 9.80 Å². The van der Waals surface area contributed by atoms with Gasteiger partial charge in [-0.1, -0.05) is 42.5 Å². The van der Waals surface area contributed by atoms with Crippen LogP contribution in [0.1, 0.15) is 24.0 Å². The lowest BCUT2D eigenvalue weighted by Crippen LogP contribution is -2.65. The minimum absolute atomic E-state index is 0.00991. The minimum Gasteiger partial charge on any atom is -0.497 e. The number of fused-ring (bicyclic) bond motifs is 4. The average molecular weight is 379 g/mol. The Kier molecular flexibility index (Phi) is 5.05. The number of piperazine rings is 1. The van der Waals surface area contributed by atoms with Gasteiger partial charge < -0.3 is 20.3 Å². The maximum atomic E-state index is 13.3. The molecule has 6 heteroatoms. The summed E-state index contributed by atoms with van der Waals surface area (Å²) in [5.74, 6) is 0.700. The maximum Gasteiger partial charge on any atom is 0.247 e. The molecule has 2 amide bonds. The molecule has 0 unspecified atom stereocenters. The largest absolute Gasteiger partial charge is 0.497 e. The van der Waals surface area contributed by atoms with E-state index in [1.165, 1.54) is 0 Å². The highest BCUT2D eigenvalue weighted by Crippen LogP contribution is 2.31. The Labute approximate surface area is 164 Å². The Morgan fingerprint density at radius 3 is 2.21 bits per heavy atom. The van der Waals surface area contributed by atoms with E-state index in [1.807, 2.05) is 54.6 Å². The molecule has 0 radical (unpaired) electrons. The topological polar surface area (TPSA) is 75.9 Å². The van der Waals surface area contributed by atoms with Gasteiger partial charge in [-0.3, -0.25) is 9.59 Å². The minimum atomic E-state index is -0.614. The number of carbonyl (C=O) groups excluding carboxylic acids is 2. The molecular formula is C22H25N3O3. The molecule has 0 aliphatic carbocycles. The van der Waals surface area contributed by atoms with Crippen molar-refractivity contribution in [3.63, 3.8) is 0 Å². The van der Waals surface area contributed by atoms with E-state index in [0.717, 1.165) is 16.9 Å². The number of rotatable bonds is 5. The van der Waals surface area contributed by atoms with Crippen molar-refractivity contribution in [2.45, 2.75) is 44.1 Å². The first-order chi connectivity index (χ1) is 13.6. The van der Waals surface area contributed by atoms with Gasteiger partial charge in [0.25, 0.3) is 0 Å². The smallest absolute Gasteiger partial charge is 0.247 e.